The van der Waals surface area contributed by atoms with Crippen LogP contribution in [0.4, 0.5) is 5.69 Å². The Morgan fingerprint density at radius 2 is 1.54 bits per heavy atom. The van der Waals surface area contributed by atoms with Crippen molar-refractivity contribution >= 4 is 58.0 Å². The minimum absolute atomic E-state index is 0.0819. The van der Waals surface area contributed by atoms with Gasteiger partial charge in [-0.05, 0) is 61.6 Å². The fourth-order valence-corrected chi connectivity index (χ4v) is 5.96. The summed E-state index contributed by atoms with van der Waals surface area (Å²) >= 11 is 18.5. The zero-order chi connectivity index (χ0) is 26.3. The van der Waals surface area contributed by atoms with Gasteiger partial charge in [0.2, 0.25) is 0 Å². The zero-order valence-corrected chi connectivity index (χ0v) is 22.5. The van der Waals surface area contributed by atoms with E-state index in [0.717, 1.165) is 42.6 Å². The fourth-order valence-electron chi connectivity index (χ4n) is 5.41. The Morgan fingerprint density at radius 1 is 0.892 bits per heavy atom. The summed E-state index contributed by atoms with van der Waals surface area (Å²) < 4.78 is 5.67. The van der Waals surface area contributed by atoms with Crippen molar-refractivity contribution < 1.29 is 19.1 Å². The van der Waals surface area contributed by atoms with Gasteiger partial charge < -0.3 is 15.0 Å². The van der Waals surface area contributed by atoms with E-state index < -0.39 is 5.92 Å². The van der Waals surface area contributed by atoms with Crippen molar-refractivity contribution in [3.8, 4) is 5.75 Å². The predicted molar refractivity (Wildman–Crippen MR) is 144 cm³/mol. The molecular weight excluding hydrogens is 535 g/mol. The van der Waals surface area contributed by atoms with Gasteiger partial charge in [-0.2, -0.15) is 0 Å². The molecule has 0 unspecified atom stereocenters. The molecule has 2 aromatic carbocycles. The molecule has 5 rings (SSSR count). The largest absolute Gasteiger partial charge is 0.482 e. The molecule has 0 saturated heterocycles. The number of nitrogens with zero attached hydrogens (tertiary/aromatic N) is 1. The van der Waals surface area contributed by atoms with E-state index in [-0.39, 0.29) is 24.1 Å². The number of ether oxygens (including phenoxy) is 1. The van der Waals surface area contributed by atoms with Crippen molar-refractivity contribution in [2.24, 2.45) is 0 Å². The second-order valence-corrected chi connectivity index (χ2v) is 10.6. The maximum absolute atomic E-state index is 13.1. The lowest BCUT2D eigenvalue weighted by Gasteiger charge is -2.42. The second-order valence-electron chi connectivity index (χ2n) is 9.42. The van der Waals surface area contributed by atoms with Crippen LogP contribution in [-0.4, -0.2) is 36.0 Å². The molecule has 0 saturated carbocycles. The normalized spacial score (nSPS) is 18.1. The minimum atomic E-state index is -0.439. The van der Waals surface area contributed by atoms with Crippen LogP contribution in [0, 0.1) is 0 Å². The Labute approximate surface area is 230 Å². The van der Waals surface area contributed by atoms with E-state index in [9.17, 15) is 14.4 Å². The number of amides is 1. The standard InChI is InChI=1S/C28H25Cl3N2O4/c1-33-20-4-2-6-22(34)27(20)26(28-21(33)5-3-7-23(28)35)15-8-11-24(19(31)12-15)37-14-25(36)32-16-9-10-17(29)18(30)13-16/h8-13,26H,2-7,14H2,1H3,(H,32,36). The van der Waals surface area contributed by atoms with Gasteiger partial charge in [0.25, 0.3) is 5.91 Å². The number of Topliss-reactive ketones (excluding diaryl/α,β-unsaturated/α-hetero) is 2. The lowest BCUT2D eigenvalue weighted by Crippen LogP contribution is -2.37. The molecule has 0 aromatic heterocycles. The molecule has 1 amide bonds. The third kappa shape index (κ3) is 5.02. The summed E-state index contributed by atoms with van der Waals surface area (Å²) in [6.07, 6.45) is 4.18. The maximum Gasteiger partial charge on any atom is 0.262 e. The molecule has 9 heteroatoms. The SMILES string of the molecule is CN1C2=C(C(=O)CCC2)C(c2ccc(OCC(=O)Nc3ccc(Cl)c(Cl)c3)c(Cl)c2)C2=C1CCCC2=O. The van der Waals surface area contributed by atoms with Crippen LogP contribution >= 0.6 is 34.8 Å². The number of hydrogen-bond acceptors (Lipinski definition) is 5. The average molecular weight is 560 g/mol. The molecule has 6 nitrogen and oxygen atoms in total. The molecule has 0 atom stereocenters. The summed E-state index contributed by atoms with van der Waals surface area (Å²) in [4.78, 5) is 40.7. The Bertz CT molecular complexity index is 1340. The number of ketones is 2. The molecule has 2 aliphatic carbocycles. The first-order valence-electron chi connectivity index (χ1n) is 12.2. The molecule has 192 valence electrons. The molecule has 1 aliphatic heterocycles. The molecule has 37 heavy (non-hydrogen) atoms. The van der Waals surface area contributed by atoms with Crippen LogP contribution in [0.25, 0.3) is 0 Å². The van der Waals surface area contributed by atoms with Gasteiger partial charge in [-0.15, -0.1) is 0 Å². The molecular formula is C28H25Cl3N2O4. The highest BCUT2D eigenvalue weighted by Gasteiger charge is 2.42. The van der Waals surface area contributed by atoms with Crippen LogP contribution in [-0.2, 0) is 14.4 Å². The van der Waals surface area contributed by atoms with Crippen LogP contribution in [0.15, 0.2) is 58.9 Å². The Balaban J connectivity index is 1.39. The molecule has 0 bridgehead atoms. The first kappa shape index (κ1) is 25.8. The van der Waals surface area contributed by atoms with Gasteiger partial charge in [0.1, 0.15) is 5.75 Å². The Morgan fingerprint density at radius 3 is 2.14 bits per heavy atom. The van der Waals surface area contributed by atoms with Crippen molar-refractivity contribution in [2.45, 2.75) is 44.4 Å². The summed E-state index contributed by atoms with van der Waals surface area (Å²) in [5.41, 5.74) is 4.68. The van der Waals surface area contributed by atoms with Crippen molar-refractivity contribution in [1.29, 1.82) is 0 Å². The molecule has 0 radical (unpaired) electrons. The molecule has 2 aromatic rings. The zero-order valence-electron chi connectivity index (χ0n) is 20.2. The monoisotopic (exact) mass is 558 g/mol. The highest BCUT2D eigenvalue weighted by atomic mass is 35.5. The molecule has 1 N–H and O–H groups in total. The van der Waals surface area contributed by atoms with Crippen molar-refractivity contribution in [1.82, 2.24) is 4.90 Å². The summed E-state index contributed by atoms with van der Waals surface area (Å²) in [5, 5.41) is 3.72. The first-order valence-corrected chi connectivity index (χ1v) is 13.3. The van der Waals surface area contributed by atoms with Gasteiger partial charge in [-0.3, -0.25) is 14.4 Å². The quantitative estimate of drug-likeness (QED) is 0.441. The van der Waals surface area contributed by atoms with E-state index in [1.165, 1.54) is 0 Å². The van der Waals surface area contributed by atoms with Gasteiger partial charge in [0.15, 0.2) is 18.2 Å². The van der Waals surface area contributed by atoms with Crippen LogP contribution in [0.3, 0.4) is 0 Å². The van der Waals surface area contributed by atoms with E-state index in [4.69, 9.17) is 39.5 Å². The fraction of sp³-hybridized carbons (Fsp3) is 0.321. The third-order valence-corrected chi connectivity index (χ3v) is 8.13. The van der Waals surface area contributed by atoms with Crippen LogP contribution in [0.1, 0.15) is 50.0 Å². The lowest BCUT2D eigenvalue weighted by molar-refractivity contribution is -0.118. The Hall–Kier alpha value is -2.80. The van der Waals surface area contributed by atoms with Crippen molar-refractivity contribution in [3.63, 3.8) is 0 Å². The van der Waals surface area contributed by atoms with Crippen LogP contribution in [0.2, 0.25) is 15.1 Å². The molecule has 0 spiro atoms. The number of nitrogens with one attached hydrogen (secondary N) is 1. The van der Waals surface area contributed by atoms with Crippen molar-refractivity contribution in [3.05, 3.63) is 79.6 Å². The number of benzene rings is 2. The van der Waals surface area contributed by atoms with Crippen LogP contribution < -0.4 is 10.1 Å². The third-order valence-electron chi connectivity index (χ3n) is 7.10. The summed E-state index contributed by atoms with van der Waals surface area (Å²) in [6.45, 7) is -0.269. The van der Waals surface area contributed by atoms with E-state index in [1.807, 2.05) is 13.1 Å². The number of anilines is 1. The van der Waals surface area contributed by atoms with Crippen LogP contribution in [0.5, 0.6) is 5.75 Å². The molecule has 0 fully saturated rings. The van der Waals surface area contributed by atoms with E-state index in [2.05, 4.69) is 10.2 Å². The van der Waals surface area contributed by atoms with Gasteiger partial charge in [0, 0.05) is 54.0 Å². The summed E-state index contributed by atoms with van der Waals surface area (Å²) in [6, 6.07) is 10.0. The van der Waals surface area contributed by atoms with Gasteiger partial charge in [-0.25, -0.2) is 0 Å². The van der Waals surface area contributed by atoms with Crippen molar-refractivity contribution in [2.75, 3.05) is 19.0 Å². The van der Waals surface area contributed by atoms with E-state index in [0.29, 0.717) is 50.5 Å². The summed E-state index contributed by atoms with van der Waals surface area (Å²) in [7, 11) is 1.96. The first-order chi connectivity index (χ1) is 17.7. The number of carbonyl (C=O) groups excluding carboxylic acids is 3. The molecule has 3 aliphatic rings. The second kappa shape index (κ2) is 10.5. The predicted octanol–water partition coefficient (Wildman–Crippen LogP) is 6.71. The molecule has 1 heterocycles. The lowest BCUT2D eigenvalue weighted by atomic mass is 9.71. The number of halogens is 3. The minimum Gasteiger partial charge on any atom is -0.482 e. The number of hydrogen-bond donors (Lipinski definition) is 1. The Kier molecular flexibility index (Phi) is 7.35. The van der Waals surface area contributed by atoms with E-state index in [1.54, 1.807) is 30.3 Å². The number of rotatable bonds is 5. The average Bonchev–Trinajstić information content (AvgIpc) is 2.87. The van der Waals surface area contributed by atoms with Gasteiger partial charge in [-0.1, -0.05) is 40.9 Å². The van der Waals surface area contributed by atoms with Gasteiger partial charge in [0.05, 0.1) is 15.1 Å². The van der Waals surface area contributed by atoms with Gasteiger partial charge >= 0.3 is 0 Å². The smallest absolute Gasteiger partial charge is 0.262 e. The highest BCUT2D eigenvalue weighted by molar-refractivity contribution is 6.42. The van der Waals surface area contributed by atoms with E-state index >= 15 is 0 Å². The maximum atomic E-state index is 13.1. The topological polar surface area (TPSA) is 75.7 Å². The number of allylic oxidation sites excluding steroid dienone is 4. The highest BCUT2D eigenvalue weighted by Crippen LogP contribution is 2.49. The number of carbonyl (C=O) groups is 3. The summed E-state index contributed by atoms with van der Waals surface area (Å²) in [5.74, 6) is -0.335.